The van der Waals surface area contributed by atoms with Gasteiger partial charge in [0.25, 0.3) is 0 Å². The largest absolute Gasteiger partial charge is 0.371 e. The molecular formula is C17H23N3S. The molecule has 1 saturated heterocycles. The van der Waals surface area contributed by atoms with Gasteiger partial charge in [-0.1, -0.05) is 18.2 Å². The Balaban J connectivity index is 1.40. The first kappa shape index (κ1) is 14.5. The molecule has 0 spiro atoms. The molecule has 0 aliphatic carbocycles. The SMILES string of the molecule is Cc1csc(CCNC2CCN(c3ccccc3)CC2)n1. The van der Waals surface area contributed by atoms with E-state index in [9.17, 15) is 0 Å². The highest BCUT2D eigenvalue weighted by atomic mass is 32.1. The molecule has 1 fully saturated rings. The van der Waals surface area contributed by atoms with Crippen LogP contribution in [0.3, 0.4) is 0 Å². The molecule has 112 valence electrons. The van der Waals surface area contributed by atoms with Gasteiger partial charge in [-0.05, 0) is 31.9 Å². The predicted molar refractivity (Wildman–Crippen MR) is 90.2 cm³/mol. The standard InChI is InChI=1S/C17H23N3S/c1-14-13-21-17(19-14)7-10-18-15-8-11-20(12-9-15)16-5-3-2-4-6-16/h2-6,13,15,18H,7-12H2,1H3. The van der Waals surface area contributed by atoms with Gasteiger partial charge in [0.2, 0.25) is 0 Å². The Hall–Kier alpha value is -1.39. The van der Waals surface area contributed by atoms with Crippen molar-refractivity contribution in [1.29, 1.82) is 0 Å². The lowest BCUT2D eigenvalue weighted by Gasteiger charge is -2.34. The molecule has 1 aliphatic rings. The number of hydrogen-bond acceptors (Lipinski definition) is 4. The molecule has 1 aromatic heterocycles. The van der Waals surface area contributed by atoms with Gasteiger partial charge in [0, 0.05) is 48.9 Å². The monoisotopic (exact) mass is 301 g/mol. The van der Waals surface area contributed by atoms with Gasteiger partial charge in [0.05, 0.1) is 5.01 Å². The highest BCUT2D eigenvalue weighted by molar-refractivity contribution is 7.09. The first-order valence-electron chi connectivity index (χ1n) is 7.75. The van der Waals surface area contributed by atoms with Crippen molar-refractivity contribution in [1.82, 2.24) is 10.3 Å². The average molecular weight is 301 g/mol. The Labute approximate surface area is 131 Å². The maximum atomic E-state index is 4.52. The predicted octanol–water partition coefficient (Wildman–Crippen LogP) is 3.25. The maximum absolute atomic E-state index is 4.52. The summed E-state index contributed by atoms with van der Waals surface area (Å²) in [6.45, 7) is 5.41. The van der Waals surface area contributed by atoms with E-state index in [1.54, 1.807) is 11.3 Å². The summed E-state index contributed by atoms with van der Waals surface area (Å²) in [6.07, 6.45) is 3.51. The number of aryl methyl sites for hydroxylation is 1. The third kappa shape index (κ3) is 4.05. The van der Waals surface area contributed by atoms with Crippen LogP contribution in [0.15, 0.2) is 35.7 Å². The Morgan fingerprint density at radius 3 is 2.67 bits per heavy atom. The quantitative estimate of drug-likeness (QED) is 0.919. The Bertz CT molecular complexity index is 544. The lowest BCUT2D eigenvalue weighted by molar-refractivity contribution is 0.417. The number of benzene rings is 1. The molecule has 21 heavy (non-hydrogen) atoms. The van der Waals surface area contributed by atoms with Crippen LogP contribution in [0.4, 0.5) is 5.69 Å². The normalized spacial score (nSPS) is 16.3. The molecule has 1 N–H and O–H groups in total. The Kier molecular flexibility index (Phi) is 4.88. The molecule has 0 saturated carbocycles. The fourth-order valence-corrected chi connectivity index (χ4v) is 3.66. The second-order valence-corrected chi connectivity index (χ2v) is 6.63. The van der Waals surface area contributed by atoms with Gasteiger partial charge in [0.15, 0.2) is 0 Å². The number of nitrogens with one attached hydrogen (secondary N) is 1. The summed E-state index contributed by atoms with van der Waals surface area (Å²) in [4.78, 5) is 7.00. The second kappa shape index (κ2) is 7.05. The zero-order valence-corrected chi connectivity index (χ0v) is 13.4. The topological polar surface area (TPSA) is 28.2 Å². The zero-order valence-electron chi connectivity index (χ0n) is 12.6. The minimum atomic E-state index is 0.658. The van der Waals surface area contributed by atoms with Gasteiger partial charge in [-0.2, -0.15) is 0 Å². The molecule has 1 aromatic carbocycles. The van der Waals surface area contributed by atoms with Crippen molar-refractivity contribution in [3.8, 4) is 0 Å². The summed E-state index contributed by atoms with van der Waals surface area (Å²) in [7, 11) is 0. The number of para-hydroxylation sites is 1. The average Bonchev–Trinajstić information content (AvgIpc) is 2.94. The summed E-state index contributed by atoms with van der Waals surface area (Å²) < 4.78 is 0. The van der Waals surface area contributed by atoms with E-state index in [2.05, 4.69) is 57.8 Å². The van der Waals surface area contributed by atoms with Crippen molar-refractivity contribution in [3.05, 3.63) is 46.4 Å². The first-order valence-corrected chi connectivity index (χ1v) is 8.63. The van der Waals surface area contributed by atoms with Gasteiger partial charge in [-0.15, -0.1) is 11.3 Å². The fourth-order valence-electron chi connectivity index (χ4n) is 2.88. The molecule has 0 amide bonds. The lowest BCUT2D eigenvalue weighted by Crippen LogP contribution is -2.43. The minimum Gasteiger partial charge on any atom is -0.371 e. The molecule has 0 unspecified atom stereocenters. The van der Waals surface area contributed by atoms with E-state index < -0.39 is 0 Å². The first-order chi connectivity index (χ1) is 10.3. The van der Waals surface area contributed by atoms with Crippen LogP contribution in [0.2, 0.25) is 0 Å². The van der Waals surface area contributed by atoms with Crippen LogP contribution in [-0.2, 0) is 6.42 Å². The van der Waals surface area contributed by atoms with Crippen molar-refractivity contribution in [2.75, 3.05) is 24.5 Å². The van der Waals surface area contributed by atoms with E-state index in [1.807, 2.05) is 0 Å². The van der Waals surface area contributed by atoms with Crippen LogP contribution in [-0.4, -0.2) is 30.7 Å². The zero-order chi connectivity index (χ0) is 14.5. The maximum Gasteiger partial charge on any atom is 0.0940 e. The molecule has 4 heteroatoms. The number of nitrogens with zero attached hydrogens (tertiary/aromatic N) is 2. The molecule has 3 nitrogen and oxygen atoms in total. The number of aromatic nitrogens is 1. The number of rotatable bonds is 5. The van der Waals surface area contributed by atoms with Crippen LogP contribution in [0.1, 0.15) is 23.5 Å². The fraction of sp³-hybridized carbons (Fsp3) is 0.471. The van der Waals surface area contributed by atoms with Crippen molar-refractivity contribution in [3.63, 3.8) is 0 Å². The van der Waals surface area contributed by atoms with Gasteiger partial charge >= 0.3 is 0 Å². The molecule has 2 aromatic rings. The van der Waals surface area contributed by atoms with E-state index >= 15 is 0 Å². The summed E-state index contributed by atoms with van der Waals surface area (Å²) >= 11 is 1.77. The van der Waals surface area contributed by atoms with E-state index in [1.165, 1.54) is 23.5 Å². The van der Waals surface area contributed by atoms with E-state index in [0.717, 1.165) is 31.7 Å². The van der Waals surface area contributed by atoms with Gasteiger partial charge in [0.1, 0.15) is 0 Å². The van der Waals surface area contributed by atoms with Crippen molar-refractivity contribution in [2.45, 2.75) is 32.2 Å². The van der Waals surface area contributed by atoms with Gasteiger partial charge in [-0.25, -0.2) is 4.98 Å². The van der Waals surface area contributed by atoms with Crippen molar-refractivity contribution in [2.24, 2.45) is 0 Å². The van der Waals surface area contributed by atoms with E-state index in [0.29, 0.717) is 6.04 Å². The molecule has 2 heterocycles. The minimum absolute atomic E-state index is 0.658. The molecule has 1 aliphatic heterocycles. The summed E-state index contributed by atoms with van der Waals surface area (Å²) in [5, 5.41) is 7.08. The molecule has 3 rings (SSSR count). The molecular weight excluding hydrogens is 278 g/mol. The summed E-state index contributed by atoms with van der Waals surface area (Å²) in [5.41, 5.74) is 2.50. The van der Waals surface area contributed by atoms with E-state index in [-0.39, 0.29) is 0 Å². The molecule has 0 radical (unpaired) electrons. The third-order valence-electron chi connectivity index (χ3n) is 4.05. The van der Waals surface area contributed by atoms with Gasteiger partial charge in [-0.3, -0.25) is 0 Å². The van der Waals surface area contributed by atoms with Crippen molar-refractivity contribution >= 4 is 17.0 Å². The second-order valence-electron chi connectivity index (χ2n) is 5.68. The number of thiazole rings is 1. The van der Waals surface area contributed by atoms with Crippen LogP contribution in [0, 0.1) is 6.92 Å². The number of piperidine rings is 1. The number of anilines is 1. The number of hydrogen-bond donors (Lipinski definition) is 1. The van der Waals surface area contributed by atoms with Gasteiger partial charge < -0.3 is 10.2 Å². The highest BCUT2D eigenvalue weighted by Gasteiger charge is 2.18. The van der Waals surface area contributed by atoms with Crippen LogP contribution >= 0.6 is 11.3 Å². The summed E-state index contributed by atoms with van der Waals surface area (Å²) in [6, 6.07) is 11.4. The Morgan fingerprint density at radius 1 is 1.24 bits per heavy atom. The summed E-state index contributed by atoms with van der Waals surface area (Å²) in [5.74, 6) is 0. The van der Waals surface area contributed by atoms with E-state index in [4.69, 9.17) is 0 Å². The highest BCUT2D eigenvalue weighted by Crippen LogP contribution is 2.19. The Morgan fingerprint density at radius 2 is 2.00 bits per heavy atom. The van der Waals surface area contributed by atoms with Crippen LogP contribution in [0.25, 0.3) is 0 Å². The smallest absolute Gasteiger partial charge is 0.0940 e. The molecule has 0 atom stereocenters. The van der Waals surface area contributed by atoms with Crippen LogP contribution in [0.5, 0.6) is 0 Å². The van der Waals surface area contributed by atoms with Crippen LogP contribution < -0.4 is 10.2 Å². The molecule has 0 bridgehead atoms. The van der Waals surface area contributed by atoms with Crippen molar-refractivity contribution < 1.29 is 0 Å². The lowest BCUT2D eigenvalue weighted by atomic mass is 10.0. The third-order valence-corrected chi connectivity index (χ3v) is 5.08.